The number of hydrogen-bond acceptors (Lipinski definition) is 4. The summed E-state index contributed by atoms with van der Waals surface area (Å²) < 4.78 is 0. The van der Waals surface area contributed by atoms with Crippen LogP contribution in [-0.4, -0.2) is 27.8 Å². The van der Waals surface area contributed by atoms with E-state index in [1.165, 1.54) is 12.8 Å². The lowest BCUT2D eigenvalue weighted by atomic mass is 10.2. The molecule has 1 aromatic rings. The minimum atomic E-state index is 0.496. The predicted octanol–water partition coefficient (Wildman–Crippen LogP) is 3.04. The van der Waals surface area contributed by atoms with Crippen molar-refractivity contribution < 1.29 is 0 Å². The molecule has 0 saturated carbocycles. The smallest absolute Gasteiger partial charge is 0.188 e. The molecule has 96 valence electrons. The number of nitrogens with one attached hydrogen (secondary N) is 1. The van der Waals surface area contributed by atoms with Crippen molar-refractivity contribution >= 4 is 11.8 Å². The molecule has 3 nitrogen and oxygen atoms in total. The molecule has 2 unspecified atom stereocenters. The van der Waals surface area contributed by atoms with Gasteiger partial charge < -0.3 is 5.32 Å². The Labute approximate surface area is 109 Å². The first kappa shape index (κ1) is 14.5. The number of thioether (sulfide) groups is 1. The molecule has 1 heterocycles. The fraction of sp³-hybridized carbons (Fsp3) is 0.692. The molecule has 0 spiro atoms. The van der Waals surface area contributed by atoms with E-state index in [4.69, 9.17) is 0 Å². The second-order valence-electron chi connectivity index (χ2n) is 4.51. The van der Waals surface area contributed by atoms with Crippen LogP contribution >= 0.6 is 11.8 Å². The molecule has 0 saturated heterocycles. The monoisotopic (exact) mass is 253 g/mol. The average Bonchev–Trinajstić information content (AvgIpc) is 2.27. The van der Waals surface area contributed by atoms with Gasteiger partial charge in [-0.3, -0.25) is 0 Å². The lowest BCUT2D eigenvalue weighted by Gasteiger charge is -2.16. The molecule has 0 radical (unpaired) electrons. The first-order chi connectivity index (χ1) is 8.11. The SMILES string of the molecule is CCCC(C)NCC(C)Sc1nccc(C)n1. The van der Waals surface area contributed by atoms with Gasteiger partial charge in [0.2, 0.25) is 0 Å². The van der Waals surface area contributed by atoms with Gasteiger partial charge in [-0.2, -0.15) is 0 Å². The van der Waals surface area contributed by atoms with Crippen LogP contribution in [0.4, 0.5) is 0 Å². The van der Waals surface area contributed by atoms with Crippen LogP contribution in [0.3, 0.4) is 0 Å². The van der Waals surface area contributed by atoms with E-state index in [1.54, 1.807) is 11.8 Å². The summed E-state index contributed by atoms with van der Waals surface area (Å²) in [5.41, 5.74) is 1.03. The number of aromatic nitrogens is 2. The highest BCUT2D eigenvalue weighted by Crippen LogP contribution is 2.18. The Hall–Kier alpha value is -0.610. The van der Waals surface area contributed by atoms with Gasteiger partial charge in [-0.25, -0.2) is 9.97 Å². The molecule has 0 amide bonds. The van der Waals surface area contributed by atoms with Gasteiger partial charge in [0.15, 0.2) is 5.16 Å². The van der Waals surface area contributed by atoms with Crippen LogP contribution in [0.5, 0.6) is 0 Å². The zero-order chi connectivity index (χ0) is 12.7. The topological polar surface area (TPSA) is 37.8 Å². The largest absolute Gasteiger partial charge is 0.313 e. The van der Waals surface area contributed by atoms with Gasteiger partial charge >= 0.3 is 0 Å². The molecule has 1 rings (SSSR count). The maximum atomic E-state index is 4.40. The molecule has 0 aliphatic rings. The summed E-state index contributed by atoms with van der Waals surface area (Å²) in [5.74, 6) is 0. The highest BCUT2D eigenvalue weighted by atomic mass is 32.2. The number of hydrogen-bond donors (Lipinski definition) is 1. The number of rotatable bonds is 7. The third kappa shape index (κ3) is 6.03. The van der Waals surface area contributed by atoms with Crippen LogP contribution in [0.2, 0.25) is 0 Å². The average molecular weight is 253 g/mol. The molecule has 2 atom stereocenters. The van der Waals surface area contributed by atoms with Crippen LogP contribution in [0.15, 0.2) is 17.4 Å². The molecule has 0 fully saturated rings. The van der Waals surface area contributed by atoms with Crippen molar-refractivity contribution in [2.45, 2.75) is 57.0 Å². The summed E-state index contributed by atoms with van der Waals surface area (Å²) in [6.45, 7) is 9.67. The summed E-state index contributed by atoms with van der Waals surface area (Å²) in [4.78, 5) is 8.67. The van der Waals surface area contributed by atoms with E-state index in [0.29, 0.717) is 11.3 Å². The van der Waals surface area contributed by atoms with E-state index in [9.17, 15) is 0 Å². The first-order valence-corrected chi connectivity index (χ1v) is 7.19. The molecule has 0 aliphatic carbocycles. The quantitative estimate of drug-likeness (QED) is 0.599. The maximum absolute atomic E-state index is 4.40. The van der Waals surface area contributed by atoms with Crippen molar-refractivity contribution in [1.82, 2.24) is 15.3 Å². The van der Waals surface area contributed by atoms with E-state index < -0.39 is 0 Å². The molecule has 0 aliphatic heterocycles. The van der Waals surface area contributed by atoms with Gasteiger partial charge in [0.25, 0.3) is 0 Å². The zero-order valence-electron chi connectivity index (χ0n) is 11.2. The molecule has 0 aromatic carbocycles. The maximum Gasteiger partial charge on any atom is 0.188 e. The Balaban J connectivity index is 2.32. The highest BCUT2D eigenvalue weighted by molar-refractivity contribution is 7.99. The normalized spacial score (nSPS) is 14.6. The third-order valence-electron chi connectivity index (χ3n) is 2.55. The number of aryl methyl sites for hydroxylation is 1. The molecular formula is C13H23N3S. The van der Waals surface area contributed by atoms with Crippen molar-refractivity contribution in [3.8, 4) is 0 Å². The predicted molar refractivity (Wildman–Crippen MR) is 74.5 cm³/mol. The lowest BCUT2D eigenvalue weighted by molar-refractivity contribution is 0.511. The summed E-state index contributed by atoms with van der Waals surface area (Å²) in [7, 11) is 0. The molecule has 1 aromatic heterocycles. The summed E-state index contributed by atoms with van der Waals surface area (Å²) in [6.07, 6.45) is 4.29. The van der Waals surface area contributed by atoms with E-state index in [1.807, 2.05) is 19.2 Å². The Morgan fingerprint density at radius 3 is 2.82 bits per heavy atom. The van der Waals surface area contributed by atoms with Crippen molar-refractivity contribution in [2.75, 3.05) is 6.54 Å². The van der Waals surface area contributed by atoms with Gasteiger partial charge in [-0.05, 0) is 26.3 Å². The molecule has 1 N–H and O–H groups in total. The Bertz CT molecular complexity index is 330. The Kier molecular flexibility index (Phi) is 6.52. The van der Waals surface area contributed by atoms with E-state index in [0.717, 1.165) is 17.4 Å². The Morgan fingerprint density at radius 2 is 2.18 bits per heavy atom. The van der Waals surface area contributed by atoms with Crippen LogP contribution in [-0.2, 0) is 0 Å². The summed E-state index contributed by atoms with van der Waals surface area (Å²) >= 11 is 1.73. The summed E-state index contributed by atoms with van der Waals surface area (Å²) in [5, 5.41) is 4.92. The molecule has 4 heteroatoms. The first-order valence-electron chi connectivity index (χ1n) is 6.31. The van der Waals surface area contributed by atoms with Gasteiger partial charge in [0.05, 0.1) is 0 Å². The van der Waals surface area contributed by atoms with Crippen molar-refractivity contribution in [3.05, 3.63) is 18.0 Å². The van der Waals surface area contributed by atoms with Gasteiger partial charge in [0.1, 0.15) is 0 Å². The van der Waals surface area contributed by atoms with Crippen molar-refractivity contribution in [3.63, 3.8) is 0 Å². The Morgan fingerprint density at radius 1 is 1.41 bits per heavy atom. The van der Waals surface area contributed by atoms with Crippen molar-refractivity contribution in [1.29, 1.82) is 0 Å². The van der Waals surface area contributed by atoms with Gasteiger partial charge in [0, 0.05) is 29.7 Å². The summed E-state index contributed by atoms with van der Waals surface area (Å²) in [6, 6.07) is 2.53. The second kappa shape index (κ2) is 7.67. The third-order valence-corrected chi connectivity index (χ3v) is 3.53. The standard InChI is InChI=1S/C13H23N3S/c1-5-6-10(2)15-9-12(4)17-13-14-8-7-11(3)16-13/h7-8,10,12,15H,5-6,9H2,1-4H3. The molecule has 0 bridgehead atoms. The van der Waals surface area contributed by atoms with E-state index in [-0.39, 0.29) is 0 Å². The fourth-order valence-electron chi connectivity index (χ4n) is 1.61. The van der Waals surface area contributed by atoms with Gasteiger partial charge in [-0.15, -0.1) is 0 Å². The minimum Gasteiger partial charge on any atom is -0.313 e. The van der Waals surface area contributed by atoms with Gasteiger partial charge in [-0.1, -0.05) is 32.0 Å². The van der Waals surface area contributed by atoms with Crippen LogP contribution in [0.1, 0.15) is 39.3 Å². The fourth-order valence-corrected chi connectivity index (χ4v) is 2.46. The molecular weight excluding hydrogens is 230 g/mol. The molecule has 17 heavy (non-hydrogen) atoms. The number of nitrogens with zero attached hydrogens (tertiary/aromatic N) is 2. The van der Waals surface area contributed by atoms with E-state index >= 15 is 0 Å². The van der Waals surface area contributed by atoms with Crippen LogP contribution in [0.25, 0.3) is 0 Å². The highest BCUT2D eigenvalue weighted by Gasteiger charge is 2.08. The lowest BCUT2D eigenvalue weighted by Crippen LogP contribution is -2.31. The second-order valence-corrected chi connectivity index (χ2v) is 5.91. The minimum absolute atomic E-state index is 0.496. The van der Waals surface area contributed by atoms with Crippen LogP contribution in [0, 0.1) is 6.92 Å². The van der Waals surface area contributed by atoms with Crippen molar-refractivity contribution in [2.24, 2.45) is 0 Å². The van der Waals surface area contributed by atoms with Crippen LogP contribution < -0.4 is 5.32 Å². The van der Waals surface area contributed by atoms with E-state index in [2.05, 4.69) is 36.1 Å². The zero-order valence-corrected chi connectivity index (χ0v) is 12.0.